The molecular weight excluding hydrogens is 384 g/mol. The van der Waals surface area contributed by atoms with Crippen LogP contribution in [0.5, 0.6) is 0 Å². The largest absolute Gasteiger partial charge is 0.368 e. The zero-order valence-electron chi connectivity index (χ0n) is 16.6. The standard InChI is InChI=1S/C22H22N4O4/c1-12-8-10-14(11-9-12)24-22(30)26-17(13-6-4-3-5-7-13)15-16(18(26)19(23)27)21(29)25(2)20(15)28/h3-11,15-18H,1-2H3,(H2,23,27)(H,24,30). The highest BCUT2D eigenvalue weighted by Crippen LogP contribution is 2.49. The number of carbonyl (C=O) groups excluding carboxylic acids is 4. The van der Waals surface area contributed by atoms with Gasteiger partial charge in [0.05, 0.1) is 17.9 Å². The van der Waals surface area contributed by atoms with Gasteiger partial charge in [-0.15, -0.1) is 0 Å². The number of nitrogens with one attached hydrogen (secondary N) is 1. The summed E-state index contributed by atoms with van der Waals surface area (Å²) in [6, 6.07) is 13.5. The van der Waals surface area contributed by atoms with Crippen LogP contribution in [0.4, 0.5) is 10.5 Å². The summed E-state index contributed by atoms with van der Waals surface area (Å²) in [4.78, 5) is 53.7. The van der Waals surface area contributed by atoms with E-state index in [2.05, 4.69) is 5.32 Å². The third-order valence-electron chi connectivity index (χ3n) is 5.87. The van der Waals surface area contributed by atoms with E-state index >= 15 is 0 Å². The Labute approximate surface area is 173 Å². The molecule has 2 fully saturated rings. The molecule has 2 saturated heterocycles. The molecule has 30 heavy (non-hydrogen) atoms. The highest BCUT2D eigenvalue weighted by molar-refractivity contribution is 6.10. The van der Waals surface area contributed by atoms with Gasteiger partial charge in [0, 0.05) is 12.7 Å². The van der Waals surface area contributed by atoms with Crippen molar-refractivity contribution in [3.8, 4) is 0 Å². The number of primary amides is 1. The lowest BCUT2D eigenvalue weighted by molar-refractivity contribution is -0.141. The van der Waals surface area contributed by atoms with Crippen molar-refractivity contribution in [2.45, 2.75) is 19.0 Å². The van der Waals surface area contributed by atoms with E-state index in [0.717, 1.165) is 10.5 Å². The lowest BCUT2D eigenvalue weighted by Crippen LogP contribution is -2.51. The van der Waals surface area contributed by atoms with Gasteiger partial charge in [-0.05, 0) is 24.6 Å². The van der Waals surface area contributed by atoms with E-state index in [1.807, 2.05) is 25.1 Å². The summed E-state index contributed by atoms with van der Waals surface area (Å²) in [5, 5.41) is 2.77. The lowest BCUT2D eigenvalue weighted by Gasteiger charge is -2.32. The molecule has 0 bridgehead atoms. The first-order chi connectivity index (χ1) is 14.3. The van der Waals surface area contributed by atoms with Crippen LogP contribution in [0, 0.1) is 18.8 Å². The second kappa shape index (κ2) is 7.29. The quantitative estimate of drug-likeness (QED) is 0.755. The summed E-state index contributed by atoms with van der Waals surface area (Å²) < 4.78 is 0. The van der Waals surface area contributed by atoms with Crippen LogP contribution in [0.15, 0.2) is 54.6 Å². The molecule has 0 spiro atoms. The smallest absolute Gasteiger partial charge is 0.323 e. The second-order valence-corrected chi connectivity index (χ2v) is 7.69. The van der Waals surface area contributed by atoms with E-state index in [9.17, 15) is 19.2 Å². The predicted molar refractivity (Wildman–Crippen MR) is 109 cm³/mol. The molecule has 2 heterocycles. The van der Waals surface area contributed by atoms with E-state index in [1.54, 1.807) is 36.4 Å². The minimum absolute atomic E-state index is 0.421. The summed E-state index contributed by atoms with van der Waals surface area (Å²) in [6.45, 7) is 1.93. The summed E-state index contributed by atoms with van der Waals surface area (Å²) >= 11 is 0. The number of aryl methyl sites for hydroxylation is 1. The molecule has 8 heteroatoms. The van der Waals surface area contributed by atoms with E-state index < -0.39 is 47.7 Å². The number of nitrogens with zero attached hydrogens (tertiary/aromatic N) is 2. The average molecular weight is 406 g/mol. The van der Waals surface area contributed by atoms with Gasteiger partial charge >= 0.3 is 6.03 Å². The Kier molecular flexibility index (Phi) is 4.77. The van der Waals surface area contributed by atoms with E-state index in [-0.39, 0.29) is 0 Å². The van der Waals surface area contributed by atoms with E-state index in [1.165, 1.54) is 11.9 Å². The van der Waals surface area contributed by atoms with Crippen LogP contribution in [0.3, 0.4) is 0 Å². The third kappa shape index (κ3) is 3.01. The average Bonchev–Trinajstić information content (AvgIpc) is 3.20. The molecule has 0 aliphatic carbocycles. The first kappa shape index (κ1) is 19.6. The van der Waals surface area contributed by atoms with Crippen molar-refractivity contribution in [2.75, 3.05) is 12.4 Å². The van der Waals surface area contributed by atoms with Crippen LogP contribution in [-0.2, 0) is 14.4 Å². The summed E-state index contributed by atoms with van der Waals surface area (Å²) in [7, 11) is 1.39. The van der Waals surface area contributed by atoms with Crippen molar-refractivity contribution in [1.82, 2.24) is 9.80 Å². The Hall–Kier alpha value is -3.68. The Bertz CT molecular complexity index is 1020. The number of hydrogen-bond donors (Lipinski definition) is 2. The van der Waals surface area contributed by atoms with Crippen molar-refractivity contribution in [3.63, 3.8) is 0 Å². The first-order valence-electron chi connectivity index (χ1n) is 9.63. The molecule has 4 rings (SSSR count). The maximum Gasteiger partial charge on any atom is 0.323 e. The molecule has 2 aliphatic rings. The molecular formula is C22H22N4O4. The minimum Gasteiger partial charge on any atom is -0.368 e. The number of anilines is 1. The van der Waals surface area contributed by atoms with Gasteiger partial charge in [0.15, 0.2) is 0 Å². The molecule has 0 aromatic heterocycles. The molecule has 154 valence electrons. The topological polar surface area (TPSA) is 113 Å². The van der Waals surface area contributed by atoms with Crippen molar-refractivity contribution >= 4 is 29.4 Å². The molecule has 0 saturated carbocycles. The lowest BCUT2D eigenvalue weighted by atomic mass is 9.86. The highest BCUT2D eigenvalue weighted by atomic mass is 16.2. The van der Waals surface area contributed by atoms with Crippen molar-refractivity contribution < 1.29 is 19.2 Å². The summed E-state index contributed by atoms with van der Waals surface area (Å²) in [6.07, 6.45) is 0. The number of fused-ring (bicyclic) bond motifs is 1. The molecule has 3 N–H and O–H groups in total. The van der Waals surface area contributed by atoms with E-state index in [0.29, 0.717) is 11.3 Å². The Balaban J connectivity index is 1.79. The molecule has 2 aliphatic heterocycles. The molecule has 4 unspecified atom stereocenters. The van der Waals surface area contributed by atoms with Crippen molar-refractivity contribution in [2.24, 2.45) is 17.6 Å². The first-order valence-corrected chi connectivity index (χ1v) is 9.63. The fourth-order valence-electron chi connectivity index (χ4n) is 4.45. The van der Waals surface area contributed by atoms with Crippen LogP contribution in [0.2, 0.25) is 0 Å². The van der Waals surface area contributed by atoms with Gasteiger partial charge < -0.3 is 16.0 Å². The molecule has 2 aromatic carbocycles. The number of nitrogens with two attached hydrogens (primary N) is 1. The number of benzene rings is 2. The molecule has 8 nitrogen and oxygen atoms in total. The number of urea groups is 1. The number of likely N-dealkylation sites (tertiary alicyclic amines) is 2. The predicted octanol–water partition coefficient (Wildman–Crippen LogP) is 1.67. The van der Waals surface area contributed by atoms with Gasteiger partial charge in [-0.3, -0.25) is 19.3 Å². The van der Waals surface area contributed by atoms with E-state index in [4.69, 9.17) is 5.73 Å². The zero-order valence-corrected chi connectivity index (χ0v) is 16.6. The van der Waals surface area contributed by atoms with Crippen LogP contribution in [0.25, 0.3) is 0 Å². The van der Waals surface area contributed by atoms with Crippen molar-refractivity contribution in [1.29, 1.82) is 0 Å². The zero-order chi connectivity index (χ0) is 21.6. The third-order valence-corrected chi connectivity index (χ3v) is 5.87. The molecule has 5 amide bonds. The maximum atomic E-state index is 13.3. The monoisotopic (exact) mass is 406 g/mol. The molecule has 4 atom stereocenters. The number of imide groups is 1. The molecule has 0 radical (unpaired) electrons. The van der Waals surface area contributed by atoms with Crippen LogP contribution in [-0.4, -0.2) is 46.6 Å². The van der Waals surface area contributed by atoms with Gasteiger partial charge in [-0.1, -0.05) is 48.0 Å². The second-order valence-electron chi connectivity index (χ2n) is 7.69. The van der Waals surface area contributed by atoms with Gasteiger partial charge in [0.1, 0.15) is 6.04 Å². The minimum atomic E-state index is -1.23. The Morgan fingerprint density at radius 3 is 2.13 bits per heavy atom. The van der Waals surface area contributed by atoms with Crippen LogP contribution < -0.4 is 11.1 Å². The van der Waals surface area contributed by atoms with Gasteiger partial charge in [0.25, 0.3) is 0 Å². The number of carbonyl (C=O) groups is 4. The fourth-order valence-corrected chi connectivity index (χ4v) is 4.45. The van der Waals surface area contributed by atoms with Gasteiger partial charge in [0.2, 0.25) is 17.7 Å². The van der Waals surface area contributed by atoms with Crippen LogP contribution in [0.1, 0.15) is 17.2 Å². The summed E-state index contributed by atoms with van der Waals surface area (Å²) in [5.41, 5.74) is 7.87. The highest BCUT2D eigenvalue weighted by Gasteiger charge is 2.64. The Morgan fingerprint density at radius 2 is 1.53 bits per heavy atom. The number of hydrogen-bond acceptors (Lipinski definition) is 4. The van der Waals surface area contributed by atoms with Gasteiger partial charge in [-0.25, -0.2) is 4.79 Å². The SMILES string of the molecule is Cc1ccc(NC(=O)N2C(C(N)=O)C3C(=O)N(C)C(=O)C3C2c2ccccc2)cc1. The number of rotatable bonds is 3. The summed E-state index contributed by atoms with van der Waals surface area (Å²) in [5.74, 6) is -3.62. The Morgan fingerprint density at radius 1 is 0.933 bits per heavy atom. The molecule has 2 aromatic rings. The fraction of sp³-hybridized carbons (Fsp3) is 0.273. The maximum absolute atomic E-state index is 13.3. The van der Waals surface area contributed by atoms with Gasteiger partial charge in [-0.2, -0.15) is 0 Å². The van der Waals surface area contributed by atoms with Crippen LogP contribution >= 0.6 is 0 Å². The van der Waals surface area contributed by atoms with Crippen molar-refractivity contribution in [3.05, 3.63) is 65.7 Å². The normalized spacial score (nSPS) is 25.4. The number of amides is 5.